The molecule has 1 aromatic rings. The molecule has 2 unspecified atom stereocenters. The maximum Gasteiger partial charge on any atom is 0.220 e. The molecule has 1 amide bonds. The molecule has 0 bridgehead atoms. The summed E-state index contributed by atoms with van der Waals surface area (Å²) in [6.07, 6.45) is 2.13. The van der Waals surface area contributed by atoms with E-state index in [0.717, 1.165) is 18.4 Å². The van der Waals surface area contributed by atoms with Gasteiger partial charge in [-0.05, 0) is 44.4 Å². The molecule has 0 saturated heterocycles. The molecule has 0 spiro atoms. The van der Waals surface area contributed by atoms with Gasteiger partial charge in [0, 0.05) is 22.5 Å². The molecular formula is C14H20Cl2N2O. The van der Waals surface area contributed by atoms with Crippen LogP contribution >= 0.6 is 23.2 Å². The normalized spacial score (nSPS) is 13.9. The van der Waals surface area contributed by atoms with E-state index >= 15 is 0 Å². The standard InChI is InChI=1S/C14H20Cl2N2O/c1-9(17)4-3-5-14(19)18-10(2)12-7-6-11(15)8-13(12)16/h6-10H,3-5,17H2,1-2H3,(H,18,19). The molecule has 0 radical (unpaired) electrons. The summed E-state index contributed by atoms with van der Waals surface area (Å²) in [7, 11) is 0. The monoisotopic (exact) mass is 302 g/mol. The quantitative estimate of drug-likeness (QED) is 0.842. The summed E-state index contributed by atoms with van der Waals surface area (Å²) in [4.78, 5) is 11.8. The molecule has 0 aliphatic heterocycles. The van der Waals surface area contributed by atoms with Gasteiger partial charge in [-0.3, -0.25) is 4.79 Å². The first-order valence-electron chi connectivity index (χ1n) is 6.40. The average Bonchev–Trinajstić information content (AvgIpc) is 2.27. The van der Waals surface area contributed by atoms with Crippen molar-refractivity contribution in [2.75, 3.05) is 0 Å². The van der Waals surface area contributed by atoms with Crippen LogP contribution in [0.1, 0.15) is 44.7 Å². The minimum Gasteiger partial charge on any atom is -0.350 e. The smallest absolute Gasteiger partial charge is 0.220 e. The van der Waals surface area contributed by atoms with Crippen LogP contribution in [0.3, 0.4) is 0 Å². The largest absolute Gasteiger partial charge is 0.350 e. The highest BCUT2D eigenvalue weighted by molar-refractivity contribution is 6.35. The highest BCUT2D eigenvalue weighted by Crippen LogP contribution is 2.26. The van der Waals surface area contributed by atoms with Crippen molar-refractivity contribution < 1.29 is 4.79 Å². The highest BCUT2D eigenvalue weighted by atomic mass is 35.5. The summed E-state index contributed by atoms with van der Waals surface area (Å²) < 4.78 is 0. The third kappa shape index (κ3) is 5.81. The van der Waals surface area contributed by atoms with Gasteiger partial charge in [-0.1, -0.05) is 29.3 Å². The molecule has 3 N–H and O–H groups in total. The van der Waals surface area contributed by atoms with E-state index in [9.17, 15) is 4.79 Å². The summed E-state index contributed by atoms with van der Waals surface area (Å²) in [6.45, 7) is 3.84. The van der Waals surface area contributed by atoms with Crippen LogP contribution in [0.5, 0.6) is 0 Å². The Labute approximate surface area is 124 Å². The molecule has 0 saturated carbocycles. The Morgan fingerprint density at radius 1 is 1.37 bits per heavy atom. The lowest BCUT2D eigenvalue weighted by Gasteiger charge is -2.16. The Kier molecular flexibility index (Phi) is 6.63. The maximum absolute atomic E-state index is 11.8. The van der Waals surface area contributed by atoms with Gasteiger partial charge in [-0.2, -0.15) is 0 Å². The van der Waals surface area contributed by atoms with Crippen molar-refractivity contribution in [2.45, 2.75) is 45.2 Å². The van der Waals surface area contributed by atoms with Crippen molar-refractivity contribution in [1.29, 1.82) is 0 Å². The second-order valence-electron chi connectivity index (χ2n) is 4.82. The van der Waals surface area contributed by atoms with Gasteiger partial charge in [-0.25, -0.2) is 0 Å². The van der Waals surface area contributed by atoms with Crippen LogP contribution in [0.4, 0.5) is 0 Å². The Bertz CT molecular complexity index is 435. The van der Waals surface area contributed by atoms with E-state index in [1.54, 1.807) is 12.1 Å². The predicted molar refractivity (Wildman–Crippen MR) is 80.5 cm³/mol. The fraction of sp³-hybridized carbons (Fsp3) is 0.500. The van der Waals surface area contributed by atoms with Gasteiger partial charge in [0.1, 0.15) is 0 Å². The van der Waals surface area contributed by atoms with E-state index in [0.29, 0.717) is 16.5 Å². The minimum absolute atomic E-state index is 0.0131. The summed E-state index contributed by atoms with van der Waals surface area (Å²) in [6, 6.07) is 5.28. The van der Waals surface area contributed by atoms with Crippen LogP contribution in [0.25, 0.3) is 0 Å². The van der Waals surface area contributed by atoms with Crippen molar-refractivity contribution in [3.8, 4) is 0 Å². The van der Waals surface area contributed by atoms with E-state index in [1.807, 2.05) is 19.9 Å². The molecule has 1 rings (SSSR count). The van der Waals surface area contributed by atoms with Gasteiger partial charge in [0.25, 0.3) is 0 Å². The highest BCUT2D eigenvalue weighted by Gasteiger charge is 2.12. The van der Waals surface area contributed by atoms with Crippen molar-refractivity contribution in [2.24, 2.45) is 5.73 Å². The molecule has 19 heavy (non-hydrogen) atoms. The molecule has 0 fully saturated rings. The second-order valence-corrected chi connectivity index (χ2v) is 5.67. The number of rotatable bonds is 6. The number of amides is 1. The van der Waals surface area contributed by atoms with Crippen LogP contribution in [0.2, 0.25) is 10.0 Å². The van der Waals surface area contributed by atoms with Crippen LogP contribution in [-0.2, 0) is 4.79 Å². The second kappa shape index (κ2) is 7.73. The van der Waals surface area contributed by atoms with Crippen LogP contribution < -0.4 is 11.1 Å². The SMILES string of the molecule is CC(N)CCCC(=O)NC(C)c1ccc(Cl)cc1Cl. The Balaban J connectivity index is 2.49. The van der Waals surface area contributed by atoms with E-state index in [2.05, 4.69) is 5.32 Å². The number of nitrogens with one attached hydrogen (secondary N) is 1. The lowest BCUT2D eigenvalue weighted by molar-refractivity contribution is -0.121. The summed E-state index contributed by atoms with van der Waals surface area (Å²) in [5.41, 5.74) is 6.51. The molecule has 106 valence electrons. The van der Waals surface area contributed by atoms with Crippen molar-refractivity contribution in [1.82, 2.24) is 5.32 Å². The number of benzene rings is 1. The molecule has 3 nitrogen and oxygen atoms in total. The summed E-state index contributed by atoms with van der Waals surface area (Å²) >= 11 is 11.9. The molecular weight excluding hydrogens is 283 g/mol. The minimum atomic E-state index is -0.132. The molecule has 1 aromatic carbocycles. The van der Waals surface area contributed by atoms with Gasteiger partial charge in [0.2, 0.25) is 5.91 Å². The van der Waals surface area contributed by atoms with E-state index < -0.39 is 0 Å². The van der Waals surface area contributed by atoms with Gasteiger partial charge in [0.05, 0.1) is 6.04 Å². The zero-order valence-electron chi connectivity index (χ0n) is 11.2. The molecule has 0 heterocycles. The number of hydrogen-bond donors (Lipinski definition) is 2. The lowest BCUT2D eigenvalue weighted by atomic mass is 10.1. The third-order valence-electron chi connectivity index (χ3n) is 2.87. The fourth-order valence-electron chi connectivity index (χ4n) is 1.83. The Morgan fingerprint density at radius 2 is 2.05 bits per heavy atom. The third-order valence-corrected chi connectivity index (χ3v) is 3.43. The summed E-state index contributed by atoms with van der Waals surface area (Å²) in [5.74, 6) is 0.0131. The number of nitrogens with two attached hydrogens (primary N) is 1. The molecule has 0 aromatic heterocycles. The van der Waals surface area contributed by atoms with Crippen LogP contribution in [0.15, 0.2) is 18.2 Å². The zero-order chi connectivity index (χ0) is 14.4. The number of halogens is 2. The first-order chi connectivity index (χ1) is 8.90. The van der Waals surface area contributed by atoms with E-state index in [1.165, 1.54) is 0 Å². The zero-order valence-corrected chi connectivity index (χ0v) is 12.8. The molecule has 0 aliphatic rings. The van der Waals surface area contributed by atoms with Crippen molar-refractivity contribution in [3.63, 3.8) is 0 Å². The molecule has 2 atom stereocenters. The number of carbonyl (C=O) groups excluding carboxylic acids is 1. The fourth-order valence-corrected chi connectivity index (χ4v) is 2.40. The Morgan fingerprint density at radius 3 is 2.63 bits per heavy atom. The first-order valence-corrected chi connectivity index (χ1v) is 7.15. The van der Waals surface area contributed by atoms with Gasteiger partial charge < -0.3 is 11.1 Å². The van der Waals surface area contributed by atoms with Crippen LogP contribution in [0, 0.1) is 0 Å². The number of hydrogen-bond acceptors (Lipinski definition) is 2. The molecule has 5 heteroatoms. The topological polar surface area (TPSA) is 55.1 Å². The van der Waals surface area contributed by atoms with Crippen molar-refractivity contribution >= 4 is 29.1 Å². The first kappa shape index (κ1) is 16.3. The van der Waals surface area contributed by atoms with E-state index in [-0.39, 0.29) is 18.0 Å². The van der Waals surface area contributed by atoms with Gasteiger partial charge in [0.15, 0.2) is 0 Å². The maximum atomic E-state index is 11.8. The lowest BCUT2D eigenvalue weighted by Crippen LogP contribution is -2.27. The Hall–Kier alpha value is -0.770. The van der Waals surface area contributed by atoms with Gasteiger partial charge in [-0.15, -0.1) is 0 Å². The molecule has 0 aliphatic carbocycles. The van der Waals surface area contributed by atoms with Gasteiger partial charge >= 0.3 is 0 Å². The van der Waals surface area contributed by atoms with Crippen LogP contribution in [-0.4, -0.2) is 11.9 Å². The predicted octanol–water partition coefficient (Wildman–Crippen LogP) is 3.69. The number of carbonyl (C=O) groups is 1. The average molecular weight is 303 g/mol. The van der Waals surface area contributed by atoms with E-state index in [4.69, 9.17) is 28.9 Å². The summed E-state index contributed by atoms with van der Waals surface area (Å²) in [5, 5.41) is 4.08. The van der Waals surface area contributed by atoms with Crippen molar-refractivity contribution in [3.05, 3.63) is 33.8 Å².